The topological polar surface area (TPSA) is 238 Å². The summed E-state index contributed by atoms with van der Waals surface area (Å²) in [5, 5.41) is 42.8. The molecule has 4 aliphatic carbocycles. The van der Waals surface area contributed by atoms with Crippen LogP contribution in [0, 0.1) is 43.9 Å². The Morgan fingerprint density at radius 2 is 1.29 bits per heavy atom. The van der Waals surface area contributed by atoms with E-state index in [2.05, 4.69) is 15.7 Å². The van der Waals surface area contributed by atoms with Crippen molar-refractivity contribution in [3.8, 4) is 0 Å². The van der Waals surface area contributed by atoms with Gasteiger partial charge in [-0.25, -0.2) is 13.3 Å². The third-order valence-corrected chi connectivity index (χ3v) is 13.4. The van der Waals surface area contributed by atoms with Crippen molar-refractivity contribution in [2.45, 2.75) is 125 Å². The molecule has 256 valence electrons. The maximum Gasteiger partial charge on any atom is 0.307 e. The summed E-state index contributed by atoms with van der Waals surface area (Å²) in [5.41, 5.74) is 3.01. The van der Waals surface area contributed by atoms with Gasteiger partial charge < -0.3 is 15.3 Å². The van der Waals surface area contributed by atoms with Crippen LogP contribution in [0.2, 0.25) is 0 Å². The Morgan fingerprint density at radius 1 is 0.733 bits per heavy atom. The van der Waals surface area contributed by atoms with Crippen LogP contribution in [0.4, 0.5) is 0 Å². The first-order chi connectivity index (χ1) is 21.4. The molecule has 0 saturated heterocycles. The predicted molar refractivity (Wildman–Crippen MR) is 158 cm³/mol. The molecular weight excluding hydrogens is 616 g/mol. The SMILES string of the molecule is O=C(O)C1CCC([N+](=O)[O-])CC1C(=O)NC1CCC(S(=O)(=O)C2CCC(NOCC3CC([N+](=O)[O-])CCC3COO)CC2)CC1. The van der Waals surface area contributed by atoms with E-state index in [4.69, 9.17) is 10.1 Å². The molecule has 0 spiro atoms. The van der Waals surface area contributed by atoms with Crippen molar-refractivity contribution in [3.63, 3.8) is 0 Å². The van der Waals surface area contributed by atoms with Crippen LogP contribution in [-0.4, -0.2) is 88.4 Å². The molecular formula is C28H46N4O12S. The number of hydroxylamine groups is 1. The fourth-order valence-corrected chi connectivity index (χ4v) is 10.2. The van der Waals surface area contributed by atoms with Crippen LogP contribution in [0.25, 0.3) is 0 Å². The Labute approximate surface area is 262 Å². The normalized spacial score (nSPS) is 36.1. The number of carboxylic acids is 1. The third kappa shape index (κ3) is 9.08. The van der Waals surface area contributed by atoms with E-state index in [-0.39, 0.29) is 61.3 Å². The molecule has 0 radical (unpaired) electrons. The largest absolute Gasteiger partial charge is 0.481 e. The van der Waals surface area contributed by atoms with Crippen molar-refractivity contribution < 1.29 is 47.9 Å². The summed E-state index contributed by atoms with van der Waals surface area (Å²) in [6.07, 6.45) is 5.17. The van der Waals surface area contributed by atoms with Gasteiger partial charge in [-0.3, -0.25) is 35.1 Å². The molecule has 0 bridgehead atoms. The number of hydrogen-bond acceptors (Lipinski definition) is 12. The minimum absolute atomic E-state index is 0.0471. The number of rotatable bonds is 13. The summed E-state index contributed by atoms with van der Waals surface area (Å²) in [4.78, 5) is 56.5. The van der Waals surface area contributed by atoms with Crippen LogP contribution >= 0.6 is 0 Å². The number of nitrogens with one attached hydrogen (secondary N) is 2. The fourth-order valence-electron chi connectivity index (χ4n) is 7.84. The van der Waals surface area contributed by atoms with Crippen LogP contribution in [0.1, 0.15) is 89.9 Å². The molecule has 0 heterocycles. The number of aliphatic carboxylic acids is 1. The Kier molecular flexibility index (Phi) is 12.5. The molecule has 16 nitrogen and oxygen atoms in total. The predicted octanol–water partition coefficient (Wildman–Crippen LogP) is 2.36. The molecule has 0 aromatic heterocycles. The lowest BCUT2D eigenvalue weighted by atomic mass is 9.76. The average Bonchev–Trinajstić information content (AvgIpc) is 3.02. The average molecular weight is 663 g/mol. The maximum atomic E-state index is 13.5. The van der Waals surface area contributed by atoms with Gasteiger partial charge in [0.2, 0.25) is 18.0 Å². The van der Waals surface area contributed by atoms with E-state index in [1.165, 1.54) is 0 Å². The van der Waals surface area contributed by atoms with E-state index in [9.17, 15) is 43.3 Å². The quantitative estimate of drug-likeness (QED) is 0.126. The summed E-state index contributed by atoms with van der Waals surface area (Å²) >= 11 is 0. The second-order valence-electron chi connectivity index (χ2n) is 13.3. The monoisotopic (exact) mass is 662 g/mol. The van der Waals surface area contributed by atoms with Crippen molar-refractivity contribution in [2.75, 3.05) is 13.2 Å². The highest BCUT2D eigenvalue weighted by Crippen LogP contribution is 2.36. The van der Waals surface area contributed by atoms with Crippen LogP contribution in [-0.2, 0) is 29.2 Å². The van der Waals surface area contributed by atoms with E-state index in [0.717, 1.165) is 0 Å². The zero-order valence-corrected chi connectivity index (χ0v) is 26.2. The van der Waals surface area contributed by atoms with Crippen molar-refractivity contribution in [1.29, 1.82) is 0 Å². The number of carboxylic acid groups (broad SMARTS) is 1. The lowest BCUT2D eigenvalue weighted by molar-refractivity contribution is -0.529. The van der Waals surface area contributed by atoms with Crippen LogP contribution in [0.15, 0.2) is 0 Å². The zero-order chi connectivity index (χ0) is 32.7. The first kappa shape index (κ1) is 35.4. The zero-order valence-electron chi connectivity index (χ0n) is 25.4. The van der Waals surface area contributed by atoms with Gasteiger partial charge >= 0.3 is 5.97 Å². The molecule has 4 saturated carbocycles. The molecule has 1 amide bonds. The van der Waals surface area contributed by atoms with Gasteiger partial charge in [0.1, 0.15) is 0 Å². The molecule has 4 rings (SSSR count). The molecule has 0 aromatic carbocycles. The first-order valence-electron chi connectivity index (χ1n) is 16.1. The molecule has 6 unspecified atom stereocenters. The molecule has 0 aliphatic heterocycles. The van der Waals surface area contributed by atoms with Gasteiger partial charge in [0.05, 0.1) is 35.5 Å². The number of carbonyl (C=O) groups is 2. The second-order valence-corrected chi connectivity index (χ2v) is 15.9. The summed E-state index contributed by atoms with van der Waals surface area (Å²) in [6.45, 7) is 0.316. The molecule has 6 atom stereocenters. The van der Waals surface area contributed by atoms with E-state index in [0.29, 0.717) is 70.6 Å². The van der Waals surface area contributed by atoms with E-state index >= 15 is 0 Å². The van der Waals surface area contributed by atoms with Gasteiger partial charge in [-0.2, -0.15) is 5.48 Å². The standard InChI is InChI=1S/C28H46N4O12S/c33-27(26-14-22(32(38)39)7-12-25(26)28(34)35)29-19-2-8-23(9-3-19)45(41,42)24-10-4-20(5-11-24)30-43-15-18-13-21(31(36)37)6-1-17(18)16-44-40/h17-26,30,40H,1-16H2,(H,29,33)(H,34,35). The van der Waals surface area contributed by atoms with Crippen LogP contribution in [0.5, 0.6) is 0 Å². The summed E-state index contributed by atoms with van der Waals surface area (Å²) in [5.74, 6) is -3.81. The van der Waals surface area contributed by atoms with Gasteiger partial charge in [0, 0.05) is 47.6 Å². The number of nitrogens with zero attached hydrogens (tertiary/aromatic N) is 2. The van der Waals surface area contributed by atoms with E-state index in [1.807, 2.05) is 0 Å². The number of amides is 1. The van der Waals surface area contributed by atoms with Gasteiger partial charge in [0.25, 0.3) is 0 Å². The van der Waals surface area contributed by atoms with E-state index < -0.39 is 61.1 Å². The highest BCUT2D eigenvalue weighted by Gasteiger charge is 2.45. The molecule has 17 heteroatoms. The molecule has 4 fully saturated rings. The molecule has 4 N–H and O–H groups in total. The van der Waals surface area contributed by atoms with Gasteiger partial charge in [0.15, 0.2) is 9.84 Å². The first-order valence-corrected chi connectivity index (χ1v) is 17.7. The fraction of sp³-hybridized carbons (Fsp3) is 0.929. The third-order valence-electron chi connectivity index (χ3n) is 10.6. The second kappa shape index (κ2) is 15.9. The maximum absolute atomic E-state index is 13.5. The summed E-state index contributed by atoms with van der Waals surface area (Å²) < 4.78 is 27.0. The number of hydrogen-bond donors (Lipinski definition) is 4. The van der Waals surface area contributed by atoms with Crippen molar-refractivity contribution in [2.24, 2.45) is 23.7 Å². The Balaban J connectivity index is 1.19. The highest BCUT2D eigenvalue weighted by molar-refractivity contribution is 7.92. The van der Waals surface area contributed by atoms with Crippen molar-refractivity contribution >= 4 is 21.7 Å². The van der Waals surface area contributed by atoms with Gasteiger partial charge in [-0.05, 0) is 76.0 Å². The summed E-state index contributed by atoms with van der Waals surface area (Å²) in [6, 6.07) is -1.95. The smallest absolute Gasteiger partial charge is 0.307 e. The molecule has 45 heavy (non-hydrogen) atoms. The number of carbonyl (C=O) groups excluding carboxylic acids is 1. The lowest BCUT2D eigenvalue weighted by Crippen LogP contribution is -2.49. The van der Waals surface area contributed by atoms with Gasteiger partial charge in [-0.15, -0.1) is 0 Å². The Bertz CT molecular complexity index is 1160. The number of sulfone groups is 1. The lowest BCUT2D eigenvalue weighted by Gasteiger charge is -2.36. The van der Waals surface area contributed by atoms with E-state index in [1.54, 1.807) is 0 Å². The minimum Gasteiger partial charge on any atom is -0.481 e. The van der Waals surface area contributed by atoms with Gasteiger partial charge in [-0.1, -0.05) is 0 Å². The van der Waals surface area contributed by atoms with Crippen molar-refractivity contribution in [1.82, 2.24) is 10.8 Å². The minimum atomic E-state index is -3.42. The highest BCUT2D eigenvalue weighted by atomic mass is 32.2. The Morgan fingerprint density at radius 3 is 1.84 bits per heavy atom. The van der Waals surface area contributed by atoms with Crippen LogP contribution in [0.3, 0.4) is 0 Å². The number of nitro groups is 2. The van der Waals surface area contributed by atoms with Crippen LogP contribution < -0.4 is 10.8 Å². The summed E-state index contributed by atoms with van der Waals surface area (Å²) in [7, 11) is -3.42. The Hall–Kier alpha value is -2.47. The molecule has 4 aliphatic rings. The van der Waals surface area contributed by atoms with Crippen molar-refractivity contribution in [3.05, 3.63) is 20.2 Å². The molecule has 0 aromatic rings.